The van der Waals surface area contributed by atoms with Crippen LogP contribution in [0.1, 0.15) is 30.1 Å². The average molecular weight is 363 g/mol. The molecule has 1 heterocycles. The molecule has 0 spiro atoms. The van der Waals surface area contributed by atoms with E-state index in [1.54, 1.807) is 25.1 Å². The molecule has 1 aromatic carbocycles. The summed E-state index contributed by atoms with van der Waals surface area (Å²) in [6.07, 6.45) is 2.14. The maximum Gasteiger partial charge on any atom is 0.337 e. The van der Waals surface area contributed by atoms with Crippen LogP contribution in [0.15, 0.2) is 18.2 Å². The Bertz CT molecular complexity index is 685. The first-order valence-electron chi connectivity index (χ1n) is 8.55. The highest BCUT2D eigenvalue weighted by atomic mass is 16.5. The van der Waals surface area contributed by atoms with Crippen LogP contribution in [0.4, 0.5) is 16.2 Å². The van der Waals surface area contributed by atoms with Crippen LogP contribution in [0.2, 0.25) is 0 Å². The first kappa shape index (κ1) is 19.6. The fourth-order valence-corrected chi connectivity index (χ4v) is 2.90. The lowest BCUT2D eigenvalue weighted by Crippen LogP contribution is -2.37. The molecule has 1 aromatic rings. The number of rotatable bonds is 6. The van der Waals surface area contributed by atoms with Crippen molar-refractivity contribution in [1.82, 2.24) is 4.90 Å². The lowest BCUT2D eigenvalue weighted by Gasteiger charge is -2.25. The summed E-state index contributed by atoms with van der Waals surface area (Å²) in [4.78, 5) is 38.7. The van der Waals surface area contributed by atoms with Crippen LogP contribution < -0.4 is 10.2 Å². The summed E-state index contributed by atoms with van der Waals surface area (Å²) in [7, 11) is 2.84. The van der Waals surface area contributed by atoms with Crippen molar-refractivity contribution in [3.63, 3.8) is 0 Å². The first-order chi connectivity index (χ1) is 12.3. The highest BCUT2D eigenvalue weighted by Crippen LogP contribution is 2.30. The fourth-order valence-electron chi connectivity index (χ4n) is 2.90. The Labute approximate surface area is 152 Å². The number of carboxylic acids is 1. The van der Waals surface area contributed by atoms with Gasteiger partial charge in [-0.25, -0.2) is 9.59 Å². The van der Waals surface area contributed by atoms with Crippen molar-refractivity contribution in [2.45, 2.75) is 19.8 Å². The number of hydrogen-bond acceptors (Lipinski definition) is 5. The minimum absolute atomic E-state index is 0.0803. The molecule has 2 rings (SSSR count). The van der Waals surface area contributed by atoms with Gasteiger partial charge in [0.15, 0.2) is 0 Å². The van der Waals surface area contributed by atoms with Crippen molar-refractivity contribution >= 4 is 29.3 Å². The van der Waals surface area contributed by atoms with Gasteiger partial charge in [-0.05, 0) is 31.0 Å². The van der Waals surface area contributed by atoms with E-state index < -0.39 is 23.9 Å². The zero-order valence-electron chi connectivity index (χ0n) is 15.3. The Morgan fingerprint density at radius 2 is 1.96 bits per heavy atom. The van der Waals surface area contributed by atoms with Crippen molar-refractivity contribution in [3.8, 4) is 0 Å². The topological polar surface area (TPSA) is 99.2 Å². The number of hydrogen-bond donors (Lipinski definition) is 2. The van der Waals surface area contributed by atoms with Gasteiger partial charge in [-0.15, -0.1) is 0 Å². The van der Waals surface area contributed by atoms with Crippen molar-refractivity contribution in [2.75, 3.05) is 44.0 Å². The second-order valence-electron chi connectivity index (χ2n) is 6.47. The molecule has 0 aromatic heterocycles. The van der Waals surface area contributed by atoms with Crippen LogP contribution in [0.5, 0.6) is 0 Å². The van der Waals surface area contributed by atoms with Crippen molar-refractivity contribution in [1.29, 1.82) is 0 Å². The molecular weight excluding hydrogens is 338 g/mol. The van der Waals surface area contributed by atoms with Crippen LogP contribution in [0.3, 0.4) is 0 Å². The van der Waals surface area contributed by atoms with Gasteiger partial charge in [0.1, 0.15) is 0 Å². The molecule has 8 heteroatoms. The van der Waals surface area contributed by atoms with Crippen LogP contribution >= 0.6 is 0 Å². The summed E-state index contributed by atoms with van der Waals surface area (Å²) in [5.74, 6) is -2.12. The van der Waals surface area contributed by atoms with Gasteiger partial charge in [-0.3, -0.25) is 4.79 Å². The number of carbonyl (C=O) groups excluding carboxylic acids is 2. The van der Waals surface area contributed by atoms with Gasteiger partial charge >= 0.3 is 18.0 Å². The molecule has 0 radical (unpaired) electrons. The molecule has 2 N–H and O–H groups in total. The van der Waals surface area contributed by atoms with Crippen LogP contribution in [-0.2, 0) is 9.53 Å². The summed E-state index contributed by atoms with van der Waals surface area (Å²) in [5, 5.41) is 11.8. The normalized spacial score (nSPS) is 14.7. The average Bonchev–Trinajstić information content (AvgIpc) is 3.15. The fraction of sp³-hybridized carbons (Fsp3) is 0.500. The minimum atomic E-state index is -0.963. The van der Waals surface area contributed by atoms with E-state index in [0.29, 0.717) is 11.3 Å². The van der Waals surface area contributed by atoms with Crippen LogP contribution in [0.25, 0.3) is 0 Å². The molecule has 1 saturated heterocycles. The molecule has 1 fully saturated rings. The third-order valence-electron chi connectivity index (χ3n) is 4.42. The van der Waals surface area contributed by atoms with E-state index in [9.17, 15) is 14.4 Å². The lowest BCUT2D eigenvalue weighted by atomic mass is 10.1. The number of esters is 1. The maximum atomic E-state index is 12.5. The van der Waals surface area contributed by atoms with Gasteiger partial charge in [-0.1, -0.05) is 6.92 Å². The number of nitrogens with zero attached hydrogens (tertiary/aromatic N) is 2. The summed E-state index contributed by atoms with van der Waals surface area (Å²) in [6.45, 7) is 3.38. The van der Waals surface area contributed by atoms with E-state index in [0.717, 1.165) is 31.6 Å². The summed E-state index contributed by atoms with van der Waals surface area (Å²) >= 11 is 0. The standard InChI is InChI=1S/C18H25N3O5/c1-12(16(22)23)11-20(2)18(25)19-14-10-13(17(24)26-3)6-7-15(14)21-8-4-5-9-21/h6-7,10,12H,4-5,8-9,11H2,1-3H3,(H,19,25)(H,22,23). The third kappa shape index (κ3) is 4.65. The SMILES string of the molecule is COC(=O)c1ccc(N2CCCC2)c(NC(=O)N(C)CC(C)C(=O)O)c1. The minimum Gasteiger partial charge on any atom is -0.481 e. The van der Waals surface area contributed by atoms with Crippen molar-refractivity contribution in [2.24, 2.45) is 5.92 Å². The number of amides is 2. The highest BCUT2D eigenvalue weighted by molar-refractivity contribution is 5.97. The highest BCUT2D eigenvalue weighted by Gasteiger charge is 2.22. The third-order valence-corrected chi connectivity index (χ3v) is 4.42. The number of methoxy groups -OCH3 is 1. The molecule has 1 aliphatic rings. The molecule has 0 aliphatic carbocycles. The Morgan fingerprint density at radius 1 is 1.31 bits per heavy atom. The predicted octanol–water partition coefficient (Wildman–Crippen LogP) is 2.26. The molecule has 142 valence electrons. The van der Waals surface area contributed by atoms with Crippen LogP contribution in [-0.4, -0.2) is 61.8 Å². The number of carbonyl (C=O) groups is 3. The molecule has 8 nitrogen and oxygen atoms in total. The maximum absolute atomic E-state index is 12.5. The second kappa shape index (κ2) is 8.55. The molecule has 1 aliphatic heterocycles. The molecule has 1 atom stereocenters. The smallest absolute Gasteiger partial charge is 0.337 e. The zero-order chi connectivity index (χ0) is 19.3. The van der Waals surface area contributed by atoms with E-state index in [1.165, 1.54) is 19.1 Å². The van der Waals surface area contributed by atoms with Crippen molar-refractivity contribution < 1.29 is 24.2 Å². The number of carboxylic acid groups (broad SMARTS) is 1. The number of nitrogens with one attached hydrogen (secondary N) is 1. The van der Waals surface area contributed by atoms with Crippen molar-refractivity contribution in [3.05, 3.63) is 23.8 Å². The summed E-state index contributed by atoms with van der Waals surface area (Å²) < 4.78 is 4.75. The van der Waals surface area contributed by atoms with Gasteiger partial charge in [0.2, 0.25) is 0 Å². The molecular formula is C18H25N3O5. The lowest BCUT2D eigenvalue weighted by molar-refractivity contribution is -0.141. The van der Waals surface area contributed by atoms with Gasteiger partial charge in [0.25, 0.3) is 0 Å². The zero-order valence-corrected chi connectivity index (χ0v) is 15.3. The van der Waals surface area contributed by atoms with Gasteiger partial charge < -0.3 is 25.0 Å². The van der Waals surface area contributed by atoms with Crippen LogP contribution in [0, 0.1) is 5.92 Å². The number of anilines is 2. The Balaban J connectivity index is 2.22. The molecule has 0 saturated carbocycles. The summed E-state index contributed by atoms with van der Waals surface area (Å²) in [5.41, 5.74) is 1.69. The van der Waals surface area contributed by atoms with E-state index >= 15 is 0 Å². The quantitative estimate of drug-likeness (QED) is 0.752. The number of benzene rings is 1. The number of aliphatic carboxylic acids is 1. The largest absolute Gasteiger partial charge is 0.481 e. The Hall–Kier alpha value is -2.77. The molecule has 2 amide bonds. The van der Waals surface area contributed by atoms with Gasteiger partial charge in [0.05, 0.1) is 30.0 Å². The van der Waals surface area contributed by atoms with E-state index in [1.807, 2.05) is 0 Å². The Kier molecular flexibility index (Phi) is 6.43. The predicted molar refractivity (Wildman–Crippen MR) is 97.7 cm³/mol. The summed E-state index contributed by atoms with van der Waals surface area (Å²) in [6, 6.07) is 4.63. The monoisotopic (exact) mass is 363 g/mol. The second-order valence-corrected chi connectivity index (χ2v) is 6.47. The van der Waals surface area contributed by atoms with E-state index in [-0.39, 0.29) is 6.54 Å². The molecule has 26 heavy (non-hydrogen) atoms. The molecule has 0 bridgehead atoms. The van der Waals surface area contributed by atoms with E-state index in [2.05, 4.69) is 10.2 Å². The van der Waals surface area contributed by atoms with Gasteiger partial charge in [0, 0.05) is 26.7 Å². The number of ether oxygens (including phenoxy) is 1. The first-order valence-corrected chi connectivity index (χ1v) is 8.55. The Morgan fingerprint density at radius 3 is 2.54 bits per heavy atom. The van der Waals surface area contributed by atoms with Gasteiger partial charge in [-0.2, -0.15) is 0 Å². The molecule has 1 unspecified atom stereocenters. The number of urea groups is 1. The van der Waals surface area contributed by atoms with E-state index in [4.69, 9.17) is 9.84 Å².